The van der Waals surface area contributed by atoms with Crippen molar-refractivity contribution in [3.05, 3.63) is 401 Å². The van der Waals surface area contributed by atoms with Gasteiger partial charge in [-0.3, -0.25) is 53.3 Å². The number of amides is 1. The summed E-state index contributed by atoms with van der Waals surface area (Å²) in [6.45, 7) is 30.8. The number of carbonyl (C=O) groups is 10. The molecule has 0 aliphatic rings. The predicted octanol–water partition coefficient (Wildman–Crippen LogP) is 22.6. The lowest BCUT2D eigenvalue weighted by atomic mass is 9.97. The van der Waals surface area contributed by atoms with E-state index in [1.165, 1.54) is 32.1 Å². The highest BCUT2D eigenvalue weighted by Gasteiger charge is 2.19. The Balaban J connectivity index is 0.000000277. The highest BCUT2D eigenvalue weighted by Crippen LogP contribution is 2.24. The molecule has 130 heavy (non-hydrogen) atoms. The molecule has 20 nitrogen and oxygen atoms in total. The van der Waals surface area contributed by atoms with Gasteiger partial charge in [-0.05, 0) is 207 Å². The third-order valence-corrected chi connectivity index (χ3v) is 17.5. The zero-order valence-electron chi connectivity index (χ0n) is 76.5. The summed E-state index contributed by atoms with van der Waals surface area (Å²) in [6.07, 6.45) is 18.4. The number of benzene rings is 10. The Morgan fingerprint density at radius 1 is 0.400 bits per heavy atom. The molecule has 21 heteroatoms. The minimum atomic E-state index is -0.562. The molecule has 672 valence electrons. The summed E-state index contributed by atoms with van der Waals surface area (Å²) >= 11 is 3.35. The van der Waals surface area contributed by atoms with E-state index in [1.807, 2.05) is 275 Å². The molecule has 0 spiro atoms. The fourth-order valence-corrected chi connectivity index (χ4v) is 11.6. The molecule has 0 radical (unpaired) electrons. The zero-order valence-corrected chi connectivity index (χ0v) is 78.0. The Morgan fingerprint density at radius 3 is 1.08 bits per heavy atom. The first-order valence-electron chi connectivity index (χ1n) is 41.4. The second kappa shape index (κ2) is 54.4. The summed E-state index contributed by atoms with van der Waals surface area (Å²) < 4.78 is 20.2. The molecule has 12 rings (SSSR count). The first kappa shape index (κ1) is 106. The molecule has 3 N–H and O–H groups in total. The van der Waals surface area contributed by atoms with Crippen molar-refractivity contribution in [1.29, 1.82) is 0 Å². The third kappa shape index (κ3) is 43.5. The number of esters is 5. The minimum Gasteiger partial charge on any atom is -0.457 e. The van der Waals surface area contributed by atoms with Crippen LogP contribution < -0.4 is 11.1 Å². The molecule has 2 aromatic heterocycles. The molecule has 0 saturated heterocycles. The molecule has 0 saturated carbocycles. The van der Waals surface area contributed by atoms with E-state index in [9.17, 15) is 47.9 Å². The van der Waals surface area contributed by atoms with E-state index in [0.29, 0.717) is 46.4 Å². The molecule has 0 aliphatic carbocycles. The number of aromatic nitrogens is 2. The topological polar surface area (TPSA) is 278 Å². The van der Waals surface area contributed by atoms with Crippen LogP contribution in [0.5, 0.6) is 0 Å². The van der Waals surface area contributed by atoms with Gasteiger partial charge in [0.1, 0.15) is 16.8 Å². The van der Waals surface area contributed by atoms with Crippen LogP contribution in [0, 0.1) is 0 Å². The first-order chi connectivity index (χ1) is 61.5. The van der Waals surface area contributed by atoms with Gasteiger partial charge >= 0.3 is 29.8 Å². The van der Waals surface area contributed by atoms with Crippen LogP contribution in [0.1, 0.15) is 157 Å². The number of Topliss-reactive ketones (excluding diaryl/α,β-unsaturated/α-hetero) is 4. The van der Waals surface area contributed by atoms with Gasteiger partial charge in [-0.25, -0.2) is 14.4 Å². The van der Waals surface area contributed by atoms with Crippen molar-refractivity contribution in [3.8, 4) is 0 Å². The van der Waals surface area contributed by atoms with Crippen LogP contribution in [0.3, 0.4) is 0 Å². The van der Waals surface area contributed by atoms with Gasteiger partial charge in [0.05, 0.1) is 0 Å². The Morgan fingerprint density at radius 2 is 0.738 bits per heavy atom. The van der Waals surface area contributed by atoms with E-state index < -0.39 is 34.7 Å². The van der Waals surface area contributed by atoms with Crippen LogP contribution in [0.4, 0.5) is 11.4 Å². The van der Waals surface area contributed by atoms with Crippen molar-refractivity contribution in [2.75, 3.05) is 45.9 Å². The number of nitrogen functional groups attached to an aromatic ring is 1. The van der Waals surface area contributed by atoms with E-state index in [-0.39, 0.29) is 41.0 Å². The molecule has 0 atom stereocenters. The number of nitrogens with one attached hydrogen (secondary N) is 1. The number of fused-ring (bicyclic) bond motifs is 2. The monoisotopic (exact) mass is 1810 g/mol. The molecule has 10 aromatic carbocycles. The largest absolute Gasteiger partial charge is 0.457 e. The molecular formula is C109H115BrN6O14. The number of carbonyl (C=O) groups excluding carboxylic acids is 10. The minimum absolute atomic E-state index is 0.0730. The summed E-state index contributed by atoms with van der Waals surface area (Å²) in [5.41, 5.74) is 15.3. The number of nitrogens with zero attached hydrogens (tertiary/aromatic N) is 4. The molecule has 0 aliphatic heterocycles. The summed E-state index contributed by atoms with van der Waals surface area (Å²) in [5, 5.41) is 7.14. The molecular weight excluding hydrogens is 1700 g/mol. The van der Waals surface area contributed by atoms with Gasteiger partial charge in [0.15, 0.2) is 23.1 Å². The third-order valence-electron chi connectivity index (χ3n) is 17.0. The number of anilines is 2. The lowest BCUT2D eigenvalue weighted by Gasteiger charge is -2.17. The second-order valence-electron chi connectivity index (χ2n) is 32.5. The number of nitrogens with two attached hydrogens (primary N) is 1. The van der Waals surface area contributed by atoms with Crippen molar-refractivity contribution >= 4 is 137 Å². The summed E-state index contributed by atoms with van der Waals surface area (Å²) in [5.74, 6) is -2.52. The Bertz CT molecular complexity index is 5820. The molecule has 0 unspecified atom stereocenters. The van der Waals surface area contributed by atoms with Crippen molar-refractivity contribution < 1.29 is 66.9 Å². The average molecular weight is 1810 g/mol. The quantitative estimate of drug-likeness (QED) is 0.0121. The maximum Gasteiger partial charge on any atom is 0.331 e. The van der Waals surface area contributed by atoms with Gasteiger partial charge in [-0.2, -0.15) is 0 Å². The maximum atomic E-state index is 12.6. The molecule has 1 amide bonds. The Hall–Kier alpha value is -14.6. The number of halogens is 1. The number of hydrogen-bond acceptors (Lipinski definition) is 19. The highest BCUT2D eigenvalue weighted by atomic mass is 79.9. The normalized spacial score (nSPS) is 10.7. The van der Waals surface area contributed by atoms with Gasteiger partial charge in [0, 0.05) is 142 Å². The Labute approximate surface area is 772 Å². The average Bonchev–Trinajstić information content (AvgIpc) is 0.853. The van der Waals surface area contributed by atoms with Crippen LogP contribution in [-0.4, -0.2) is 130 Å². The molecule has 0 fully saturated rings. The molecule has 2 heterocycles. The Kier molecular flexibility index (Phi) is 44.3. The van der Waals surface area contributed by atoms with Crippen molar-refractivity contribution in [2.24, 2.45) is 0 Å². The van der Waals surface area contributed by atoms with Crippen LogP contribution in [0.15, 0.2) is 340 Å². The highest BCUT2D eigenvalue weighted by molar-refractivity contribution is 9.10. The summed E-state index contributed by atoms with van der Waals surface area (Å²) in [4.78, 5) is 127. The van der Waals surface area contributed by atoms with Gasteiger partial charge in [-0.1, -0.05) is 254 Å². The number of allylic oxidation sites excluding steroid dienone is 2. The van der Waals surface area contributed by atoms with E-state index in [1.54, 1.807) is 97.5 Å². The molecule has 12 aromatic rings. The van der Waals surface area contributed by atoms with Gasteiger partial charge in [0.25, 0.3) is 0 Å². The fraction of sp³-hybridized carbons (Fsp3) is 0.193. The van der Waals surface area contributed by atoms with Crippen LogP contribution >= 0.6 is 15.9 Å². The number of ketones is 4. The smallest absolute Gasteiger partial charge is 0.331 e. The van der Waals surface area contributed by atoms with Gasteiger partial charge in [0.2, 0.25) is 5.91 Å². The van der Waals surface area contributed by atoms with E-state index >= 15 is 0 Å². The molecule has 0 bridgehead atoms. The van der Waals surface area contributed by atoms with E-state index in [4.69, 9.17) is 19.9 Å². The van der Waals surface area contributed by atoms with Crippen LogP contribution in [0.2, 0.25) is 0 Å². The SMILES string of the molecule is C=C(C(=O)c1ccc(/C=C/C(=O)Nc2ccc3cnccc3c2)cc1)c1ccccc1.C=C(C(=O)c1ccc(/C=C/C(=O)OC(C)(C)C)cc1)c1ccccc1.C=CC(=O)OC(C)(C)C.CC(=O)OC(C)=O.CC(C)(C)OC(=O)/C=C/c1ccc(C(=O)Cc2ccccc2)cc1.CN(C)CN(C)C.Nc1ccc2cnccc2c1.O=C(Cc1ccccc1)c1ccc(Br)cc1. The zero-order chi connectivity index (χ0) is 95.9. The van der Waals surface area contributed by atoms with Crippen LogP contribution in [-0.2, 0) is 60.6 Å². The van der Waals surface area contributed by atoms with Crippen molar-refractivity contribution in [2.45, 2.75) is 106 Å². The maximum absolute atomic E-state index is 12.6. The first-order valence-corrected chi connectivity index (χ1v) is 42.2. The van der Waals surface area contributed by atoms with Gasteiger partial charge in [-0.15, -0.1) is 0 Å². The number of pyridine rings is 2. The number of rotatable bonds is 22. The van der Waals surface area contributed by atoms with Crippen molar-refractivity contribution in [3.63, 3.8) is 0 Å². The predicted molar refractivity (Wildman–Crippen MR) is 528 cm³/mol. The number of ether oxygens (including phenoxy) is 4. The van der Waals surface area contributed by atoms with Crippen LogP contribution in [0.25, 0.3) is 50.9 Å². The summed E-state index contributed by atoms with van der Waals surface area (Å²) in [7, 11) is 8.22. The number of hydrogen-bond donors (Lipinski definition) is 2. The summed E-state index contributed by atoms with van der Waals surface area (Å²) in [6, 6.07) is 82.3. The van der Waals surface area contributed by atoms with Gasteiger partial charge < -0.3 is 30.0 Å². The second-order valence-corrected chi connectivity index (χ2v) is 33.4. The van der Waals surface area contributed by atoms with Crippen molar-refractivity contribution in [1.82, 2.24) is 19.8 Å². The fourth-order valence-electron chi connectivity index (χ4n) is 11.3. The van der Waals surface area contributed by atoms with E-state index in [0.717, 1.165) is 89.0 Å². The lowest BCUT2D eigenvalue weighted by molar-refractivity contribution is -0.156. The standard InChI is InChI=1S/C27H20N2O2.C22H22O3.C21H22O3.C14H11BrO.C9H8N2.C7H12O2.C5H14N2.C4H6O3/c1-19(21-5-3-2-4-6-21)27(31)22-10-7-20(8-11-22)9-14-26(30)29-25-13-12-24-18-28-16-15-23(24)17-25;1-16(18-8-6-5-7-9-18)21(24)19-13-10-17(11-14-19)12-15-20(23)25-22(2,3)4;1-21(2,3)24-20(23)14-11-16-9-12-18(13-10-16)19(22)15-17-7-5-4-6-8-17;15-13-8-6-12(7-9-13)14(16)10-11-4-2-1-3-5-11;10-9-2-1-8-6-11-4-3-7(8)5-9;1-5-6(8)9-7(2,3)4;1-6(2)5-7(3)4;1-3(5)7-4(2)6/h2-18H,1H2,(H,29,30);5-15H,1H2,2-4H3;4-14H,15H2,1-3H3;1-9H,10H2;1-6H,10H2;5H,1H2,2-4H3;5H2,1-4H3;1-2H3/b14-9+;15-12+;14-11+;;;;;. The lowest BCUT2D eigenvalue weighted by Crippen LogP contribution is -2.26. The van der Waals surface area contributed by atoms with E-state index in [2.05, 4.69) is 93.7 Å².